The summed E-state index contributed by atoms with van der Waals surface area (Å²) in [6.45, 7) is 2.98. The summed E-state index contributed by atoms with van der Waals surface area (Å²) in [6.07, 6.45) is 2.66. The predicted octanol–water partition coefficient (Wildman–Crippen LogP) is 2.59. The molecule has 0 aromatic heterocycles. The van der Waals surface area contributed by atoms with Crippen LogP contribution in [0.25, 0.3) is 0 Å². The third-order valence-electron chi connectivity index (χ3n) is 4.25. The fourth-order valence-corrected chi connectivity index (χ4v) is 2.93. The minimum absolute atomic E-state index is 0.220. The average molecular weight is 235 g/mol. The van der Waals surface area contributed by atoms with Gasteiger partial charge in [0.15, 0.2) is 0 Å². The second-order valence-electron chi connectivity index (χ2n) is 5.33. The van der Waals surface area contributed by atoms with Crippen LogP contribution in [-0.4, -0.2) is 18.7 Å². The summed E-state index contributed by atoms with van der Waals surface area (Å²) in [7, 11) is 0. The lowest BCUT2D eigenvalue weighted by Crippen LogP contribution is -2.60. The van der Waals surface area contributed by atoms with E-state index in [4.69, 9.17) is 4.74 Å². The lowest BCUT2D eigenvalue weighted by molar-refractivity contribution is 0.0334. The topological polar surface area (TPSA) is 21.3 Å². The Morgan fingerprint density at radius 3 is 2.65 bits per heavy atom. The van der Waals surface area contributed by atoms with Gasteiger partial charge in [0.1, 0.15) is 18.2 Å². The predicted molar refractivity (Wildman–Crippen MR) is 64.5 cm³/mol. The van der Waals surface area contributed by atoms with Crippen molar-refractivity contribution < 1.29 is 9.13 Å². The molecule has 3 aliphatic rings. The lowest BCUT2D eigenvalue weighted by atomic mass is 9.66. The Labute approximate surface area is 101 Å². The fraction of sp³-hybridized carbons (Fsp3) is 0.571. The van der Waals surface area contributed by atoms with Crippen molar-refractivity contribution >= 4 is 0 Å². The highest BCUT2D eigenvalue weighted by Gasteiger charge is 2.43. The number of fused-ring (bicyclic) bond motifs is 2. The van der Waals surface area contributed by atoms with Crippen molar-refractivity contribution in [3.8, 4) is 5.75 Å². The molecule has 1 unspecified atom stereocenters. The second-order valence-corrected chi connectivity index (χ2v) is 5.33. The number of halogens is 1. The number of rotatable bonds is 3. The van der Waals surface area contributed by atoms with E-state index in [9.17, 15) is 4.39 Å². The summed E-state index contributed by atoms with van der Waals surface area (Å²) in [4.78, 5) is 0. The van der Waals surface area contributed by atoms with E-state index in [1.165, 1.54) is 25.0 Å². The Bertz CT molecular complexity index is 386. The quantitative estimate of drug-likeness (QED) is 0.869. The van der Waals surface area contributed by atoms with Crippen molar-refractivity contribution in [2.45, 2.75) is 31.8 Å². The Balaban J connectivity index is 1.55. The molecule has 0 amide bonds. The summed E-state index contributed by atoms with van der Waals surface area (Å²) < 4.78 is 18.4. The Hall–Kier alpha value is -1.09. The molecule has 0 spiro atoms. The van der Waals surface area contributed by atoms with Gasteiger partial charge in [0.2, 0.25) is 0 Å². The Kier molecular flexibility index (Phi) is 2.79. The molecular formula is C14H18FNO. The van der Waals surface area contributed by atoms with Crippen molar-refractivity contribution in [1.29, 1.82) is 0 Å². The normalized spacial score (nSPS) is 35.2. The molecule has 1 aromatic rings. The van der Waals surface area contributed by atoms with Crippen molar-refractivity contribution in [3.05, 3.63) is 30.1 Å². The van der Waals surface area contributed by atoms with Crippen LogP contribution in [0.5, 0.6) is 5.75 Å². The lowest BCUT2D eigenvalue weighted by Gasteiger charge is -2.50. The van der Waals surface area contributed by atoms with E-state index in [0.717, 1.165) is 11.7 Å². The summed E-state index contributed by atoms with van der Waals surface area (Å²) >= 11 is 0. The maximum absolute atomic E-state index is 12.7. The molecule has 2 saturated heterocycles. The summed E-state index contributed by atoms with van der Waals surface area (Å²) in [5.41, 5.74) is 0. The molecule has 1 saturated carbocycles. The maximum atomic E-state index is 12.7. The smallest absolute Gasteiger partial charge is 0.123 e. The second kappa shape index (κ2) is 4.30. The first-order chi connectivity index (χ1) is 8.22. The highest BCUT2D eigenvalue weighted by Crippen LogP contribution is 2.40. The molecule has 2 nitrogen and oxygen atoms in total. The van der Waals surface area contributed by atoms with Gasteiger partial charge in [-0.05, 0) is 48.9 Å². The van der Waals surface area contributed by atoms with Gasteiger partial charge >= 0.3 is 0 Å². The zero-order chi connectivity index (χ0) is 11.8. The van der Waals surface area contributed by atoms with Gasteiger partial charge in [-0.3, -0.25) is 0 Å². The minimum Gasteiger partial charge on any atom is -0.492 e. The summed E-state index contributed by atoms with van der Waals surface area (Å²) in [5, 5.41) is 3.61. The fourth-order valence-electron chi connectivity index (χ4n) is 2.93. The van der Waals surface area contributed by atoms with Gasteiger partial charge < -0.3 is 10.1 Å². The first kappa shape index (κ1) is 11.0. The number of hydrogen-bond donors (Lipinski definition) is 1. The van der Waals surface area contributed by atoms with Crippen LogP contribution in [0.1, 0.15) is 19.8 Å². The van der Waals surface area contributed by atoms with Crippen LogP contribution in [0, 0.1) is 17.7 Å². The van der Waals surface area contributed by atoms with Gasteiger partial charge in [0, 0.05) is 12.1 Å². The van der Waals surface area contributed by atoms with Crippen LogP contribution in [0.2, 0.25) is 0 Å². The number of nitrogens with one attached hydrogen (secondary N) is 1. The van der Waals surface area contributed by atoms with Gasteiger partial charge in [0.25, 0.3) is 0 Å². The largest absolute Gasteiger partial charge is 0.492 e. The zero-order valence-electron chi connectivity index (χ0n) is 10.0. The van der Waals surface area contributed by atoms with Crippen LogP contribution in [0.4, 0.5) is 4.39 Å². The molecule has 2 heterocycles. The highest BCUT2D eigenvalue weighted by atomic mass is 19.1. The number of hydrogen-bond acceptors (Lipinski definition) is 2. The van der Waals surface area contributed by atoms with E-state index >= 15 is 0 Å². The molecule has 3 heteroatoms. The maximum Gasteiger partial charge on any atom is 0.123 e. The van der Waals surface area contributed by atoms with Gasteiger partial charge in [-0.15, -0.1) is 0 Å². The molecule has 17 heavy (non-hydrogen) atoms. The van der Waals surface area contributed by atoms with Crippen LogP contribution in [-0.2, 0) is 0 Å². The third-order valence-corrected chi connectivity index (χ3v) is 4.25. The number of benzene rings is 1. The van der Waals surface area contributed by atoms with Gasteiger partial charge in [-0.1, -0.05) is 6.92 Å². The highest BCUT2D eigenvalue weighted by molar-refractivity contribution is 5.22. The first-order valence-corrected chi connectivity index (χ1v) is 6.37. The van der Waals surface area contributed by atoms with Crippen LogP contribution in [0.15, 0.2) is 24.3 Å². The molecule has 1 aliphatic carbocycles. The van der Waals surface area contributed by atoms with Gasteiger partial charge in [-0.25, -0.2) is 4.39 Å². The average Bonchev–Trinajstić information content (AvgIpc) is 2.28. The van der Waals surface area contributed by atoms with Crippen molar-refractivity contribution in [3.63, 3.8) is 0 Å². The van der Waals surface area contributed by atoms with E-state index in [0.29, 0.717) is 24.6 Å². The van der Waals surface area contributed by atoms with Crippen LogP contribution in [0.3, 0.4) is 0 Å². The van der Waals surface area contributed by atoms with Crippen molar-refractivity contribution in [2.75, 3.05) is 6.61 Å². The molecule has 3 fully saturated rings. The monoisotopic (exact) mass is 235 g/mol. The summed E-state index contributed by atoms with van der Waals surface area (Å²) in [6, 6.07) is 7.39. The Morgan fingerprint density at radius 2 is 2.00 bits per heavy atom. The molecule has 92 valence electrons. The molecule has 2 bridgehead atoms. The molecule has 0 radical (unpaired) electrons. The van der Waals surface area contributed by atoms with E-state index < -0.39 is 0 Å². The minimum atomic E-state index is -0.220. The molecule has 1 aromatic carbocycles. The van der Waals surface area contributed by atoms with Crippen LogP contribution < -0.4 is 10.1 Å². The zero-order valence-corrected chi connectivity index (χ0v) is 10.0. The van der Waals surface area contributed by atoms with Crippen molar-refractivity contribution in [2.24, 2.45) is 11.8 Å². The number of ether oxygens (including phenoxy) is 1. The van der Waals surface area contributed by atoms with Crippen LogP contribution >= 0.6 is 0 Å². The van der Waals surface area contributed by atoms with Crippen molar-refractivity contribution in [1.82, 2.24) is 5.32 Å². The number of piperidine rings is 2. The Morgan fingerprint density at radius 1 is 1.29 bits per heavy atom. The van der Waals surface area contributed by atoms with E-state index in [1.807, 2.05) is 0 Å². The molecular weight excluding hydrogens is 217 g/mol. The molecule has 4 rings (SSSR count). The first-order valence-electron chi connectivity index (χ1n) is 6.37. The SMILES string of the molecule is C[C@@H]1C2CC(C2)NC1COc1ccc(F)cc1. The van der Waals surface area contributed by atoms with Gasteiger partial charge in [0.05, 0.1) is 0 Å². The standard InChI is InChI=1S/C14H18FNO/c1-9-10-6-12(7-10)16-14(9)8-17-13-4-2-11(15)3-5-13/h2-5,9-10,12,14,16H,6-8H2,1H3/t9-,10?,12?,14?/m1/s1. The summed E-state index contributed by atoms with van der Waals surface area (Å²) in [5.74, 6) is 2.09. The van der Waals surface area contributed by atoms with Gasteiger partial charge in [-0.2, -0.15) is 0 Å². The molecule has 2 atom stereocenters. The van der Waals surface area contributed by atoms with E-state index in [2.05, 4.69) is 12.2 Å². The van der Waals surface area contributed by atoms with E-state index in [-0.39, 0.29) is 5.82 Å². The molecule has 1 N–H and O–H groups in total. The van der Waals surface area contributed by atoms with E-state index in [1.54, 1.807) is 12.1 Å². The molecule has 2 aliphatic heterocycles. The third kappa shape index (κ3) is 2.16.